The zero-order valence-corrected chi connectivity index (χ0v) is 18.4. The molecule has 1 N–H and O–H groups in total. The monoisotopic (exact) mass is 454 g/mol. The summed E-state index contributed by atoms with van der Waals surface area (Å²) in [6, 6.07) is 11.2. The van der Waals surface area contributed by atoms with Crippen molar-refractivity contribution in [3.05, 3.63) is 58.6 Å². The molecule has 0 unspecified atom stereocenters. The Morgan fingerprint density at radius 1 is 1.10 bits per heavy atom. The average Bonchev–Trinajstić information content (AvgIpc) is 2.72. The van der Waals surface area contributed by atoms with Crippen LogP contribution < -0.4 is 10.1 Å². The van der Waals surface area contributed by atoms with Crippen molar-refractivity contribution in [1.29, 1.82) is 0 Å². The molecule has 0 aliphatic heterocycles. The van der Waals surface area contributed by atoms with Crippen LogP contribution in [0.25, 0.3) is 0 Å². The minimum atomic E-state index is -3.83. The van der Waals surface area contributed by atoms with Crippen LogP contribution in [0.3, 0.4) is 0 Å². The lowest BCUT2D eigenvalue weighted by atomic mass is 10.1. The molecular formula is C20H23ClN2O6S. The molecule has 30 heavy (non-hydrogen) atoms. The van der Waals surface area contributed by atoms with Gasteiger partial charge in [0.05, 0.1) is 17.7 Å². The van der Waals surface area contributed by atoms with Gasteiger partial charge >= 0.3 is 5.97 Å². The van der Waals surface area contributed by atoms with Gasteiger partial charge < -0.3 is 14.8 Å². The van der Waals surface area contributed by atoms with E-state index >= 15 is 0 Å². The predicted octanol–water partition coefficient (Wildman–Crippen LogP) is 2.11. The standard InChI is InChI=1S/C20H23ClN2O6S/c1-23(2)30(26,27)18-12-15(6-9-17(18)21)20(25)29-13-19(24)22-11-10-14-4-7-16(28-3)8-5-14/h4-9,12H,10-11,13H2,1-3H3,(H,22,24). The van der Waals surface area contributed by atoms with Crippen molar-refractivity contribution in [2.45, 2.75) is 11.3 Å². The smallest absolute Gasteiger partial charge is 0.338 e. The van der Waals surface area contributed by atoms with Crippen LogP contribution in [0.1, 0.15) is 15.9 Å². The summed E-state index contributed by atoms with van der Waals surface area (Å²) in [7, 11) is 0.463. The fraction of sp³-hybridized carbons (Fsp3) is 0.300. The van der Waals surface area contributed by atoms with Crippen molar-refractivity contribution in [3.8, 4) is 5.75 Å². The van der Waals surface area contributed by atoms with Gasteiger partial charge in [-0.05, 0) is 42.3 Å². The Kier molecular flexibility index (Phi) is 8.22. The number of methoxy groups -OCH3 is 1. The maximum atomic E-state index is 12.3. The Labute approximate surface area is 180 Å². The Morgan fingerprint density at radius 2 is 1.77 bits per heavy atom. The van der Waals surface area contributed by atoms with E-state index in [1.807, 2.05) is 24.3 Å². The van der Waals surface area contributed by atoms with E-state index in [1.54, 1.807) is 7.11 Å². The number of sulfonamides is 1. The van der Waals surface area contributed by atoms with Crippen molar-refractivity contribution >= 4 is 33.5 Å². The minimum absolute atomic E-state index is 0.0171. The Hall–Kier alpha value is -2.62. The molecule has 0 heterocycles. The molecule has 0 bridgehead atoms. The first-order chi connectivity index (χ1) is 14.1. The van der Waals surface area contributed by atoms with Crippen LogP contribution in [0.5, 0.6) is 5.75 Å². The number of ether oxygens (including phenoxy) is 2. The lowest BCUT2D eigenvalue weighted by Crippen LogP contribution is -2.30. The van der Waals surface area contributed by atoms with Gasteiger partial charge in [-0.15, -0.1) is 0 Å². The molecule has 0 saturated carbocycles. The summed E-state index contributed by atoms with van der Waals surface area (Å²) in [5, 5.41) is 2.64. The highest BCUT2D eigenvalue weighted by Gasteiger charge is 2.23. The largest absolute Gasteiger partial charge is 0.497 e. The van der Waals surface area contributed by atoms with Crippen LogP contribution in [0.2, 0.25) is 5.02 Å². The van der Waals surface area contributed by atoms with E-state index in [0.29, 0.717) is 13.0 Å². The highest BCUT2D eigenvalue weighted by Crippen LogP contribution is 2.25. The third kappa shape index (κ3) is 6.19. The van der Waals surface area contributed by atoms with Gasteiger partial charge in [0.2, 0.25) is 10.0 Å². The number of nitrogens with zero attached hydrogens (tertiary/aromatic N) is 1. The number of carbonyl (C=O) groups excluding carboxylic acids is 2. The van der Waals surface area contributed by atoms with Gasteiger partial charge in [0.25, 0.3) is 5.91 Å². The van der Waals surface area contributed by atoms with E-state index in [2.05, 4.69) is 5.32 Å². The Bertz CT molecular complexity index is 1010. The van der Waals surface area contributed by atoms with E-state index in [4.69, 9.17) is 21.1 Å². The van der Waals surface area contributed by atoms with E-state index < -0.39 is 28.5 Å². The van der Waals surface area contributed by atoms with Crippen LogP contribution in [0.4, 0.5) is 0 Å². The molecule has 0 aliphatic rings. The summed E-state index contributed by atoms with van der Waals surface area (Å²) in [5.41, 5.74) is 0.995. The van der Waals surface area contributed by atoms with Crippen molar-refractivity contribution < 1.29 is 27.5 Å². The van der Waals surface area contributed by atoms with Crippen molar-refractivity contribution in [2.24, 2.45) is 0 Å². The van der Waals surface area contributed by atoms with Crippen molar-refractivity contribution in [2.75, 3.05) is 34.4 Å². The number of amides is 1. The van der Waals surface area contributed by atoms with Crippen LogP contribution in [-0.2, 0) is 26.0 Å². The maximum absolute atomic E-state index is 12.3. The second-order valence-corrected chi connectivity index (χ2v) is 8.98. The summed E-state index contributed by atoms with van der Waals surface area (Å²) in [5.74, 6) is -0.544. The molecule has 0 aromatic heterocycles. The molecule has 162 valence electrons. The molecule has 0 atom stereocenters. The minimum Gasteiger partial charge on any atom is -0.497 e. The summed E-state index contributed by atoms with van der Waals surface area (Å²) < 4.78 is 35.6. The summed E-state index contributed by atoms with van der Waals surface area (Å²) in [6.07, 6.45) is 0.604. The molecule has 8 nitrogen and oxygen atoms in total. The first-order valence-electron chi connectivity index (χ1n) is 8.94. The second-order valence-electron chi connectivity index (χ2n) is 6.46. The van der Waals surface area contributed by atoms with Crippen LogP contribution in [0, 0.1) is 0 Å². The number of esters is 1. The summed E-state index contributed by atoms with van der Waals surface area (Å²) >= 11 is 5.95. The molecule has 0 saturated heterocycles. The number of carbonyl (C=O) groups is 2. The number of halogens is 1. The molecule has 0 radical (unpaired) electrons. The van der Waals surface area contributed by atoms with Gasteiger partial charge in [-0.2, -0.15) is 0 Å². The first kappa shape index (κ1) is 23.7. The average molecular weight is 455 g/mol. The van der Waals surface area contributed by atoms with Gasteiger partial charge in [-0.3, -0.25) is 4.79 Å². The molecule has 0 fully saturated rings. The van der Waals surface area contributed by atoms with E-state index in [9.17, 15) is 18.0 Å². The van der Waals surface area contributed by atoms with E-state index in [1.165, 1.54) is 26.2 Å². The summed E-state index contributed by atoms with van der Waals surface area (Å²) in [4.78, 5) is 23.9. The zero-order valence-electron chi connectivity index (χ0n) is 16.8. The molecule has 2 rings (SSSR count). The molecule has 2 aromatic carbocycles. The quantitative estimate of drug-likeness (QED) is 0.582. The van der Waals surface area contributed by atoms with Crippen LogP contribution in [0.15, 0.2) is 47.4 Å². The van der Waals surface area contributed by atoms with E-state index in [0.717, 1.165) is 21.7 Å². The Morgan fingerprint density at radius 3 is 2.37 bits per heavy atom. The van der Waals surface area contributed by atoms with E-state index in [-0.39, 0.29) is 15.5 Å². The number of nitrogens with one attached hydrogen (secondary N) is 1. The molecule has 0 spiro atoms. The zero-order chi connectivity index (χ0) is 22.3. The SMILES string of the molecule is COc1ccc(CCNC(=O)COC(=O)c2ccc(Cl)c(S(=O)(=O)N(C)C)c2)cc1. The van der Waals surface area contributed by atoms with Crippen molar-refractivity contribution in [3.63, 3.8) is 0 Å². The highest BCUT2D eigenvalue weighted by molar-refractivity contribution is 7.89. The maximum Gasteiger partial charge on any atom is 0.338 e. The highest BCUT2D eigenvalue weighted by atomic mass is 35.5. The molecule has 10 heteroatoms. The van der Waals surface area contributed by atoms with Gasteiger partial charge in [0, 0.05) is 20.6 Å². The number of benzene rings is 2. The lowest BCUT2D eigenvalue weighted by molar-refractivity contribution is -0.124. The van der Waals surface area contributed by atoms with Crippen LogP contribution in [-0.4, -0.2) is 59.0 Å². The number of rotatable bonds is 9. The van der Waals surface area contributed by atoms with Gasteiger partial charge in [-0.1, -0.05) is 23.7 Å². The first-order valence-corrected chi connectivity index (χ1v) is 10.8. The fourth-order valence-corrected chi connectivity index (χ4v) is 3.82. The normalized spacial score (nSPS) is 11.2. The lowest BCUT2D eigenvalue weighted by Gasteiger charge is -2.13. The van der Waals surface area contributed by atoms with Crippen molar-refractivity contribution in [1.82, 2.24) is 9.62 Å². The number of hydrogen-bond donors (Lipinski definition) is 1. The second kappa shape index (κ2) is 10.4. The Balaban J connectivity index is 1.88. The van der Waals surface area contributed by atoms with Gasteiger partial charge in [0.1, 0.15) is 10.6 Å². The van der Waals surface area contributed by atoms with Crippen LogP contribution >= 0.6 is 11.6 Å². The molecular weight excluding hydrogens is 432 g/mol. The third-order valence-corrected chi connectivity index (χ3v) is 6.45. The number of hydrogen-bond acceptors (Lipinski definition) is 6. The topological polar surface area (TPSA) is 102 Å². The van der Waals surface area contributed by atoms with Gasteiger partial charge in [0.15, 0.2) is 6.61 Å². The molecule has 2 aromatic rings. The predicted molar refractivity (Wildman–Crippen MR) is 112 cm³/mol. The summed E-state index contributed by atoms with van der Waals surface area (Å²) in [6.45, 7) is -0.116. The molecule has 0 aliphatic carbocycles. The third-order valence-electron chi connectivity index (χ3n) is 4.15. The molecule has 1 amide bonds. The van der Waals surface area contributed by atoms with Gasteiger partial charge in [-0.25, -0.2) is 17.5 Å². The fourth-order valence-electron chi connectivity index (χ4n) is 2.43.